The second kappa shape index (κ2) is 7.12. The van der Waals surface area contributed by atoms with Crippen LogP contribution in [0.15, 0.2) is 59.0 Å². The summed E-state index contributed by atoms with van der Waals surface area (Å²) in [7, 11) is 0. The molecule has 5 heteroatoms. The van der Waals surface area contributed by atoms with Gasteiger partial charge in [0.1, 0.15) is 0 Å². The van der Waals surface area contributed by atoms with E-state index < -0.39 is 0 Å². The van der Waals surface area contributed by atoms with E-state index in [4.69, 9.17) is 4.42 Å². The molecular weight excluding hydrogens is 326 g/mol. The maximum absolute atomic E-state index is 12.8. The highest BCUT2D eigenvalue weighted by Crippen LogP contribution is 2.29. The van der Waals surface area contributed by atoms with E-state index in [1.54, 1.807) is 0 Å². The molecular formula is C21H21N3O2. The van der Waals surface area contributed by atoms with Crippen molar-refractivity contribution in [3.8, 4) is 11.5 Å². The van der Waals surface area contributed by atoms with Gasteiger partial charge in [0.05, 0.1) is 5.92 Å². The highest BCUT2D eigenvalue weighted by molar-refractivity contribution is 5.94. The number of carbonyl (C=O) groups is 1. The Morgan fingerprint density at radius 3 is 2.62 bits per heavy atom. The van der Waals surface area contributed by atoms with Crippen LogP contribution in [0.3, 0.4) is 0 Å². The van der Waals surface area contributed by atoms with Crippen LogP contribution < -0.4 is 0 Å². The fourth-order valence-electron chi connectivity index (χ4n) is 3.34. The molecule has 0 aliphatic carbocycles. The van der Waals surface area contributed by atoms with Gasteiger partial charge in [-0.2, -0.15) is 0 Å². The van der Waals surface area contributed by atoms with Crippen LogP contribution in [-0.4, -0.2) is 34.1 Å². The Balaban J connectivity index is 1.49. The van der Waals surface area contributed by atoms with Gasteiger partial charge in [-0.1, -0.05) is 35.9 Å². The third-order valence-electron chi connectivity index (χ3n) is 4.82. The lowest BCUT2D eigenvalue weighted by molar-refractivity contribution is 0.0698. The molecule has 1 aromatic heterocycles. The summed E-state index contributed by atoms with van der Waals surface area (Å²) in [5.74, 6) is 1.30. The predicted octanol–water partition coefficient (Wildman–Crippen LogP) is 4.06. The van der Waals surface area contributed by atoms with E-state index in [1.807, 2.05) is 66.4 Å². The molecule has 1 aliphatic rings. The molecule has 4 rings (SSSR count). The molecule has 2 heterocycles. The summed E-state index contributed by atoms with van der Waals surface area (Å²) in [5.41, 5.74) is 2.79. The number of rotatable bonds is 3. The lowest BCUT2D eigenvalue weighted by atomic mass is 9.97. The zero-order valence-electron chi connectivity index (χ0n) is 14.8. The summed E-state index contributed by atoms with van der Waals surface area (Å²) in [4.78, 5) is 14.7. The zero-order chi connectivity index (χ0) is 17.9. The average Bonchev–Trinajstić information content (AvgIpc) is 3.19. The van der Waals surface area contributed by atoms with Crippen molar-refractivity contribution in [1.29, 1.82) is 0 Å². The molecule has 0 radical (unpaired) electrons. The van der Waals surface area contributed by atoms with Crippen molar-refractivity contribution in [2.24, 2.45) is 0 Å². The van der Waals surface area contributed by atoms with Gasteiger partial charge in [0.15, 0.2) is 0 Å². The zero-order valence-corrected chi connectivity index (χ0v) is 14.8. The number of aromatic nitrogens is 2. The average molecular weight is 347 g/mol. The van der Waals surface area contributed by atoms with E-state index in [-0.39, 0.29) is 11.8 Å². The second-order valence-electron chi connectivity index (χ2n) is 6.77. The molecule has 1 saturated heterocycles. The van der Waals surface area contributed by atoms with Crippen LogP contribution in [-0.2, 0) is 0 Å². The highest BCUT2D eigenvalue weighted by atomic mass is 16.4. The first-order valence-corrected chi connectivity index (χ1v) is 8.95. The number of aryl methyl sites for hydroxylation is 1. The Morgan fingerprint density at radius 2 is 1.85 bits per heavy atom. The van der Waals surface area contributed by atoms with E-state index in [9.17, 15) is 4.79 Å². The number of hydrogen-bond donors (Lipinski definition) is 0. The molecule has 0 saturated carbocycles. The predicted molar refractivity (Wildman–Crippen MR) is 98.8 cm³/mol. The summed E-state index contributed by atoms with van der Waals surface area (Å²) in [6, 6.07) is 17.5. The minimum atomic E-state index is 0.0671. The lowest BCUT2D eigenvalue weighted by Gasteiger charge is -2.31. The first kappa shape index (κ1) is 16.5. The van der Waals surface area contributed by atoms with E-state index in [2.05, 4.69) is 10.2 Å². The Hall–Kier alpha value is -2.95. The summed E-state index contributed by atoms with van der Waals surface area (Å²) in [5, 5.41) is 8.42. The third-order valence-corrected chi connectivity index (χ3v) is 4.82. The van der Waals surface area contributed by atoms with Crippen molar-refractivity contribution >= 4 is 5.91 Å². The van der Waals surface area contributed by atoms with Gasteiger partial charge in [0.2, 0.25) is 11.8 Å². The topological polar surface area (TPSA) is 59.2 Å². The Bertz CT molecular complexity index is 887. The molecule has 1 fully saturated rings. The molecule has 26 heavy (non-hydrogen) atoms. The lowest BCUT2D eigenvalue weighted by Crippen LogP contribution is -2.39. The van der Waals surface area contributed by atoms with E-state index in [0.717, 1.165) is 36.1 Å². The molecule has 1 aliphatic heterocycles. The summed E-state index contributed by atoms with van der Waals surface area (Å²) in [6.07, 6.45) is 1.89. The number of carbonyl (C=O) groups excluding carboxylic acids is 1. The Morgan fingerprint density at radius 1 is 1.08 bits per heavy atom. The van der Waals surface area contributed by atoms with Crippen LogP contribution in [0.5, 0.6) is 0 Å². The van der Waals surface area contributed by atoms with Crippen molar-refractivity contribution in [3.05, 3.63) is 71.6 Å². The van der Waals surface area contributed by atoms with Gasteiger partial charge < -0.3 is 9.32 Å². The standard InChI is InChI=1S/C21H21N3O2/c1-15-9-11-17(12-10-15)21(25)24-13-5-8-18(14-24)20-23-22-19(26-20)16-6-3-2-4-7-16/h2-4,6-7,9-12,18H,5,8,13-14H2,1H3. The SMILES string of the molecule is Cc1ccc(C(=O)N2CCCC(c3nnc(-c4ccccc4)o3)C2)cc1. The number of likely N-dealkylation sites (tertiary alicyclic amines) is 1. The van der Waals surface area contributed by atoms with Gasteiger partial charge in [0.25, 0.3) is 5.91 Å². The third kappa shape index (κ3) is 3.38. The summed E-state index contributed by atoms with van der Waals surface area (Å²) < 4.78 is 5.90. The number of hydrogen-bond acceptors (Lipinski definition) is 4. The van der Waals surface area contributed by atoms with Gasteiger partial charge >= 0.3 is 0 Å². The van der Waals surface area contributed by atoms with Crippen LogP contribution in [0.2, 0.25) is 0 Å². The minimum absolute atomic E-state index is 0.0671. The van der Waals surface area contributed by atoms with Gasteiger partial charge in [0, 0.05) is 24.2 Å². The van der Waals surface area contributed by atoms with E-state index in [0.29, 0.717) is 18.3 Å². The fourth-order valence-corrected chi connectivity index (χ4v) is 3.34. The molecule has 2 aromatic carbocycles. The van der Waals surface area contributed by atoms with Crippen molar-refractivity contribution < 1.29 is 9.21 Å². The number of piperidine rings is 1. The molecule has 0 spiro atoms. The van der Waals surface area contributed by atoms with Crippen LogP contribution in [0, 0.1) is 6.92 Å². The van der Waals surface area contributed by atoms with Gasteiger partial charge in [-0.15, -0.1) is 10.2 Å². The first-order valence-electron chi connectivity index (χ1n) is 8.95. The quantitative estimate of drug-likeness (QED) is 0.717. The molecule has 0 N–H and O–H groups in total. The van der Waals surface area contributed by atoms with Crippen LogP contribution in [0.25, 0.3) is 11.5 Å². The summed E-state index contributed by atoms with van der Waals surface area (Å²) in [6.45, 7) is 3.40. The second-order valence-corrected chi connectivity index (χ2v) is 6.77. The van der Waals surface area contributed by atoms with Crippen molar-refractivity contribution in [1.82, 2.24) is 15.1 Å². The van der Waals surface area contributed by atoms with Crippen LogP contribution >= 0.6 is 0 Å². The molecule has 1 amide bonds. The molecule has 3 aromatic rings. The van der Waals surface area contributed by atoms with Crippen molar-refractivity contribution in [3.63, 3.8) is 0 Å². The van der Waals surface area contributed by atoms with Crippen LogP contribution in [0.1, 0.15) is 40.6 Å². The molecule has 1 unspecified atom stereocenters. The van der Waals surface area contributed by atoms with Gasteiger partial charge in [-0.3, -0.25) is 4.79 Å². The van der Waals surface area contributed by atoms with E-state index >= 15 is 0 Å². The monoisotopic (exact) mass is 347 g/mol. The Labute approximate surface area is 152 Å². The number of benzene rings is 2. The van der Waals surface area contributed by atoms with Gasteiger partial charge in [-0.05, 0) is 44.0 Å². The highest BCUT2D eigenvalue weighted by Gasteiger charge is 2.29. The molecule has 1 atom stereocenters. The van der Waals surface area contributed by atoms with E-state index in [1.165, 1.54) is 0 Å². The molecule has 132 valence electrons. The van der Waals surface area contributed by atoms with Gasteiger partial charge in [-0.25, -0.2) is 0 Å². The molecule has 0 bridgehead atoms. The first-order chi connectivity index (χ1) is 12.7. The molecule has 5 nitrogen and oxygen atoms in total. The van der Waals surface area contributed by atoms with Crippen molar-refractivity contribution in [2.75, 3.05) is 13.1 Å². The largest absolute Gasteiger partial charge is 0.420 e. The smallest absolute Gasteiger partial charge is 0.253 e. The van der Waals surface area contributed by atoms with Crippen molar-refractivity contribution in [2.45, 2.75) is 25.7 Å². The maximum atomic E-state index is 12.8. The fraction of sp³-hybridized carbons (Fsp3) is 0.286. The maximum Gasteiger partial charge on any atom is 0.253 e. The Kier molecular flexibility index (Phi) is 4.52. The summed E-state index contributed by atoms with van der Waals surface area (Å²) >= 11 is 0. The normalized spacial score (nSPS) is 17.3. The minimum Gasteiger partial charge on any atom is -0.420 e. The number of amides is 1. The number of nitrogens with zero attached hydrogens (tertiary/aromatic N) is 3. The van der Waals surface area contributed by atoms with Crippen LogP contribution in [0.4, 0.5) is 0 Å².